The Morgan fingerprint density at radius 1 is 0.974 bits per heavy atom. The molecule has 1 aliphatic rings. The van der Waals surface area contributed by atoms with Crippen LogP contribution >= 0.6 is 0 Å². The fourth-order valence-electron chi connectivity index (χ4n) is 5.57. The second-order valence-electron chi connectivity index (χ2n) is 9.91. The number of para-hydroxylation sites is 2. The molecule has 39 heavy (non-hydrogen) atoms. The van der Waals surface area contributed by atoms with Crippen molar-refractivity contribution in [1.29, 1.82) is 0 Å². The summed E-state index contributed by atoms with van der Waals surface area (Å²) in [5, 5.41) is 0. The normalized spacial score (nSPS) is 14.4. The number of likely N-dealkylation sites (tertiary alicyclic amines) is 1. The largest absolute Gasteiger partial charge is 0.490 e. The fraction of sp³-hybridized carbons (Fsp3) is 0.219. The molecule has 0 bridgehead atoms. The molecule has 1 N–H and O–H groups in total. The maximum Gasteiger partial charge on any atom is 0.326 e. The molecule has 5 aromatic rings. The summed E-state index contributed by atoms with van der Waals surface area (Å²) in [6.45, 7) is 10.3. The number of fused-ring (bicyclic) bond motifs is 1. The maximum atomic E-state index is 12.6. The summed E-state index contributed by atoms with van der Waals surface area (Å²) in [5.41, 5.74) is 7.18. The van der Waals surface area contributed by atoms with Crippen molar-refractivity contribution in [1.82, 2.24) is 19.4 Å². The standard InChI is InChI=1S/C32H29N5O2/c1-33-28-20-26(23-8-4-3-5-9-23)30(35-31(28)39-2)24-14-12-22(13-15-24)21-36-18-16-25(17-19-36)37-29-11-7-6-10-27(29)34-32(37)38/h3-15,20,25H,16-19,21H2,2H3,(H,34,38). The summed E-state index contributed by atoms with van der Waals surface area (Å²) in [6, 6.07) is 28.5. The van der Waals surface area contributed by atoms with Crippen molar-refractivity contribution in [2.24, 2.45) is 0 Å². The zero-order chi connectivity index (χ0) is 26.8. The molecule has 194 valence electrons. The van der Waals surface area contributed by atoms with Crippen LogP contribution in [0, 0.1) is 6.57 Å². The van der Waals surface area contributed by atoms with E-state index in [1.165, 1.54) is 5.56 Å². The minimum Gasteiger partial charge on any atom is -0.490 e. The summed E-state index contributed by atoms with van der Waals surface area (Å²) < 4.78 is 7.36. The van der Waals surface area contributed by atoms with Crippen LogP contribution in [0.2, 0.25) is 0 Å². The highest BCUT2D eigenvalue weighted by Gasteiger charge is 2.23. The molecule has 3 aromatic carbocycles. The van der Waals surface area contributed by atoms with Gasteiger partial charge in [0.2, 0.25) is 11.6 Å². The third-order valence-corrected chi connectivity index (χ3v) is 7.55. The number of methoxy groups -OCH3 is 1. The van der Waals surface area contributed by atoms with Crippen LogP contribution in [0.4, 0.5) is 5.69 Å². The van der Waals surface area contributed by atoms with Crippen LogP contribution in [-0.4, -0.2) is 39.6 Å². The Morgan fingerprint density at radius 2 is 1.69 bits per heavy atom. The van der Waals surface area contributed by atoms with Crippen molar-refractivity contribution in [2.45, 2.75) is 25.4 Å². The number of benzene rings is 3. The number of nitrogens with one attached hydrogen (secondary N) is 1. The number of pyridine rings is 1. The maximum absolute atomic E-state index is 12.6. The quantitative estimate of drug-likeness (QED) is 0.264. The summed E-state index contributed by atoms with van der Waals surface area (Å²) >= 11 is 0. The molecule has 1 fully saturated rings. The molecule has 0 unspecified atom stereocenters. The summed E-state index contributed by atoms with van der Waals surface area (Å²) in [4.78, 5) is 26.4. The van der Waals surface area contributed by atoms with E-state index in [0.29, 0.717) is 11.6 Å². The van der Waals surface area contributed by atoms with Gasteiger partial charge in [-0.1, -0.05) is 66.7 Å². The molecule has 6 rings (SSSR count). The van der Waals surface area contributed by atoms with Crippen molar-refractivity contribution < 1.29 is 4.74 Å². The van der Waals surface area contributed by atoms with E-state index in [-0.39, 0.29) is 11.7 Å². The molecule has 0 radical (unpaired) electrons. The van der Waals surface area contributed by atoms with Crippen LogP contribution in [0.25, 0.3) is 38.3 Å². The van der Waals surface area contributed by atoms with Crippen molar-refractivity contribution in [3.05, 3.63) is 112 Å². The predicted molar refractivity (Wildman–Crippen MR) is 154 cm³/mol. The molecule has 0 atom stereocenters. The lowest BCUT2D eigenvalue weighted by atomic mass is 9.98. The van der Waals surface area contributed by atoms with Crippen LogP contribution in [0.15, 0.2) is 89.7 Å². The minimum atomic E-state index is -0.0187. The van der Waals surface area contributed by atoms with E-state index in [0.717, 1.165) is 65.9 Å². The first-order valence-corrected chi connectivity index (χ1v) is 13.2. The Labute approximate surface area is 227 Å². The number of ether oxygens (including phenoxy) is 1. The molecule has 2 aromatic heterocycles. The van der Waals surface area contributed by atoms with E-state index < -0.39 is 0 Å². The highest BCUT2D eigenvalue weighted by Crippen LogP contribution is 2.38. The number of nitrogens with zero attached hydrogens (tertiary/aromatic N) is 4. The zero-order valence-electron chi connectivity index (χ0n) is 21.8. The first-order chi connectivity index (χ1) is 19.1. The van der Waals surface area contributed by atoms with Gasteiger partial charge < -0.3 is 9.72 Å². The van der Waals surface area contributed by atoms with E-state index in [4.69, 9.17) is 16.3 Å². The molecule has 7 heteroatoms. The molecule has 0 amide bonds. The average molecular weight is 516 g/mol. The summed E-state index contributed by atoms with van der Waals surface area (Å²) in [6.07, 6.45) is 1.88. The van der Waals surface area contributed by atoms with Crippen LogP contribution < -0.4 is 10.4 Å². The van der Waals surface area contributed by atoms with Gasteiger partial charge in [-0.15, -0.1) is 0 Å². The molecule has 0 spiro atoms. The second-order valence-corrected chi connectivity index (χ2v) is 9.91. The number of rotatable bonds is 6. The molecule has 0 aliphatic carbocycles. The van der Waals surface area contributed by atoms with Crippen molar-refractivity contribution in [3.8, 4) is 28.3 Å². The molecule has 0 saturated carbocycles. The fourth-order valence-corrected chi connectivity index (χ4v) is 5.57. The second kappa shape index (κ2) is 10.6. The van der Waals surface area contributed by atoms with Gasteiger partial charge in [0.15, 0.2) is 0 Å². The lowest BCUT2D eigenvalue weighted by Gasteiger charge is -2.32. The Balaban J connectivity index is 1.19. The highest BCUT2D eigenvalue weighted by molar-refractivity contribution is 5.84. The van der Waals surface area contributed by atoms with Gasteiger partial charge in [-0.2, -0.15) is 0 Å². The van der Waals surface area contributed by atoms with Gasteiger partial charge in [-0.3, -0.25) is 9.47 Å². The Kier molecular flexibility index (Phi) is 6.70. The van der Waals surface area contributed by atoms with Gasteiger partial charge in [0, 0.05) is 31.2 Å². The summed E-state index contributed by atoms with van der Waals surface area (Å²) in [7, 11) is 1.55. The van der Waals surface area contributed by atoms with E-state index in [1.54, 1.807) is 7.11 Å². The lowest BCUT2D eigenvalue weighted by molar-refractivity contribution is 0.180. The Bertz CT molecular complexity index is 1710. The first kappa shape index (κ1) is 24.7. The molecule has 3 heterocycles. The SMILES string of the molecule is [C-]#[N+]c1cc(-c2ccccc2)c(-c2ccc(CN3CCC(n4c(=O)[nH]c5ccccc54)CC3)cc2)nc1OC. The third-order valence-electron chi connectivity index (χ3n) is 7.55. The van der Waals surface area contributed by atoms with Gasteiger partial charge in [0.1, 0.15) is 0 Å². The number of aromatic nitrogens is 3. The van der Waals surface area contributed by atoms with Crippen molar-refractivity contribution in [2.75, 3.05) is 20.2 Å². The Hall–Kier alpha value is -4.67. The number of aromatic amines is 1. The number of piperidine rings is 1. The van der Waals surface area contributed by atoms with E-state index >= 15 is 0 Å². The number of H-pyrrole nitrogens is 1. The average Bonchev–Trinajstić information content (AvgIpc) is 3.33. The first-order valence-electron chi connectivity index (χ1n) is 13.2. The predicted octanol–water partition coefficient (Wildman–Crippen LogP) is 6.46. The highest BCUT2D eigenvalue weighted by atomic mass is 16.5. The smallest absolute Gasteiger partial charge is 0.326 e. The monoisotopic (exact) mass is 515 g/mol. The lowest BCUT2D eigenvalue weighted by Crippen LogP contribution is -2.36. The molecule has 7 nitrogen and oxygen atoms in total. The minimum absolute atomic E-state index is 0.0187. The zero-order valence-corrected chi connectivity index (χ0v) is 21.8. The van der Waals surface area contributed by atoms with Gasteiger partial charge >= 0.3 is 5.69 Å². The van der Waals surface area contributed by atoms with Crippen molar-refractivity contribution >= 4 is 16.7 Å². The summed E-state index contributed by atoms with van der Waals surface area (Å²) in [5.74, 6) is 0.334. The van der Waals surface area contributed by atoms with Crippen LogP contribution in [-0.2, 0) is 6.54 Å². The molecule has 1 aliphatic heterocycles. The number of hydrogen-bond acceptors (Lipinski definition) is 4. The van der Waals surface area contributed by atoms with Crippen molar-refractivity contribution in [3.63, 3.8) is 0 Å². The number of imidazole rings is 1. The van der Waals surface area contributed by atoms with Gasteiger partial charge in [-0.05, 0) is 47.7 Å². The topological polar surface area (TPSA) is 67.5 Å². The molecule has 1 saturated heterocycles. The van der Waals surface area contributed by atoms with E-state index in [2.05, 4.69) is 39.0 Å². The van der Waals surface area contributed by atoms with Crippen LogP contribution in [0.3, 0.4) is 0 Å². The van der Waals surface area contributed by atoms with Gasteiger partial charge in [0.05, 0.1) is 30.4 Å². The van der Waals surface area contributed by atoms with Gasteiger partial charge in [-0.25, -0.2) is 14.6 Å². The van der Waals surface area contributed by atoms with E-state index in [9.17, 15) is 4.79 Å². The molecular formula is C32H29N5O2. The Morgan fingerprint density at radius 3 is 2.41 bits per heavy atom. The number of hydrogen-bond donors (Lipinski definition) is 1. The third kappa shape index (κ3) is 4.83. The van der Waals surface area contributed by atoms with Crippen LogP contribution in [0.1, 0.15) is 24.4 Å². The van der Waals surface area contributed by atoms with E-state index in [1.807, 2.05) is 65.2 Å². The molecular weight excluding hydrogens is 486 g/mol. The van der Waals surface area contributed by atoms with Gasteiger partial charge in [0.25, 0.3) is 0 Å². The van der Waals surface area contributed by atoms with Crippen LogP contribution in [0.5, 0.6) is 5.88 Å².